The Balaban J connectivity index is 1.97. The van der Waals surface area contributed by atoms with E-state index in [1.54, 1.807) is 6.92 Å². The van der Waals surface area contributed by atoms with Gasteiger partial charge in [0, 0.05) is 5.92 Å². The minimum absolute atomic E-state index is 0.0398. The summed E-state index contributed by atoms with van der Waals surface area (Å²) in [6, 6.07) is 0. The van der Waals surface area contributed by atoms with Gasteiger partial charge in [0.1, 0.15) is 11.4 Å². The van der Waals surface area contributed by atoms with Crippen LogP contribution in [0.15, 0.2) is 12.2 Å². The lowest BCUT2D eigenvalue weighted by molar-refractivity contribution is -0.120. The third-order valence-electron chi connectivity index (χ3n) is 4.13. The number of hydrogen-bond acceptors (Lipinski definition) is 2. The summed E-state index contributed by atoms with van der Waals surface area (Å²) in [4.78, 5) is 11.4. The zero-order valence-corrected chi connectivity index (χ0v) is 8.26. The van der Waals surface area contributed by atoms with E-state index >= 15 is 0 Å². The molecular formula is C11H14O2. The molecule has 0 aromatic rings. The number of hydrogen-bond donors (Lipinski definition) is 0. The molecule has 0 aromatic heterocycles. The van der Waals surface area contributed by atoms with Crippen molar-refractivity contribution in [3.63, 3.8) is 0 Å². The van der Waals surface area contributed by atoms with E-state index in [0.29, 0.717) is 11.7 Å². The molecule has 1 saturated carbocycles. The van der Waals surface area contributed by atoms with Crippen molar-refractivity contribution in [1.82, 2.24) is 0 Å². The Morgan fingerprint density at radius 1 is 1.46 bits per heavy atom. The lowest BCUT2D eigenvalue weighted by atomic mass is 9.91. The van der Waals surface area contributed by atoms with Gasteiger partial charge in [0.2, 0.25) is 0 Å². The van der Waals surface area contributed by atoms with Crippen LogP contribution in [-0.2, 0) is 9.53 Å². The van der Waals surface area contributed by atoms with Gasteiger partial charge in [-0.05, 0) is 27.2 Å². The zero-order valence-electron chi connectivity index (χ0n) is 8.26. The molecule has 13 heavy (non-hydrogen) atoms. The molecule has 3 aliphatic rings. The van der Waals surface area contributed by atoms with Crippen LogP contribution >= 0.6 is 0 Å². The van der Waals surface area contributed by atoms with Gasteiger partial charge in [-0.2, -0.15) is 0 Å². The fourth-order valence-corrected chi connectivity index (χ4v) is 3.01. The predicted octanol–water partition coefficient (Wildman–Crippen LogP) is 1.70. The van der Waals surface area contributed by atoms with Crippen molar-refractivity contribution in [2.75, 3.05) is 0 Å². The number of rotatable bonds is 1. The molecule has 2 nitrogen and oxygen atoms in total. The first kappa shape index (κ1) is 7.74. The third-order valence-corrected chi connectivity index (χ3v) is 4.13. The molecule has 0 amide bonds. The van der Waals surface area contributed by atoms with Crippen LogP contribution in [0.4, 0.5) is 0 Å². The van der Waals surface area contributed by atoms with Crippen LogP contribution in [0.5, 0.6) is 0 Å². The highest BCUT2D eigenvalue weighted by Gasteiger charge is 2.80. The zero-order chi connectivity index (χ0) is 9.48. The lowest BCUT2D eigenvalue weighted by Gasteiger charge is -2.05. The van der Waals surface area contributed by atoms with Gasteiger partial charge >= 0.3 is 0 Å². The van der Waals surface area contributed by atoms with Crippen LogP contribution in [0.1, 0.15) is 27.2 Å². The Morgan fingerprint density at radius 3 is 2.31 bits per heavy atom. The van der Waals surface area contributed by atoms with Gasteiger partial charge in [-0.3, -0.25) is 4.79 Å². The molecule has 2 fully saturated rings. The topological polar surface area (TPSA) is 29.6 Å². The van der Waals surface area contributed by atoms with Gasteiger partial charge in [0.15, 0.2) is 0 Å². The summed E-state index contributed by atoms with van der Waals surface area (Å²) in [5, 5.41) is 0. The van der Waals surface area contributed by atoms with E-state index in [2.05, 4.69) is 26.0 Å². The molecule has 70 valence electrons. The molecule has 0 unspecified atom stereocenters. The summed E-state index contributed by atoms with van der Waals surface area (Å²) in [6.45, 7) is 5.90. The summed E-state index contributed by atoms with van der Waals surface area (Å²) in [7, 11) is 0. The van der Waals surface area contributed by atoms with E-state index in [0.717, 1.165) is 6.42 Å². The van der Waals surface area contributed by atoms with E-state index < -0.39 is 0 Å². The maximum Gasteiger partial charge on any atom is 0.140 e. The fraction of sp³-hybridized carbons (Fsp3) is 0.727. The monoisotopic (exact) mass is 178 g/mol. The maximum absolute atomic E-state index is 11.4. The molecule has 2 aliphatic carbocycles. The molecule has 1 heterocycles. The highest BCUT2D eigenvalue weighted by atomic mass is 16.6. The first-order chi connectivity index (χ1) is 5.95. The van der Waals surface area contributed by atoms with Crippen molar-refractivity contribution in [3.8, 4) is 0 Å². The van der Waals surface area contributed by atoms with Crippen LogP contribution < -0.4 is 0 Å². The molecule has 0 bridgehead atoms. The summed E-state index contributed by atoms with van der Waals surface area (Å²) >= 11 is 0. The normalized spacial score (nSPS) is 53.6. The lowest BCUT2D eigenvalue weighted by Crippen LogP contribution is -2.21. The summed E-state index contributed by atoms with van der Waals surface area (Å²) in [5.74, 6) is 0.740. The molecule has 1 spiro atoms. The molecule has 2 heteroatoms. The molecule has 1 aliphatic heterocycles. The van der Waals surface area contributed by atoms with Gasteiger partial charge in [-0.15, -0.1) is 0 Å². The van der Waals surface area contributed by atoms with Crippen molar-refractivity contribution in [1.29, 1.82) is 0 Å². The Labute approximate surface area is 78.0 Å². The smallest absolute Gasteiger partial charge is 0.140 e. The Bertz CT molecular complexity index is 342. The average Bonchev–Trinajstić information content (AvgIpc) is 2.81. The Hall–Kier alpha value is -0.630. The first-order valence-electron chi connectivity index (χ1n) is 4.86. The van der Waals surface area contributed by atoms with Gasteiger partial charge in [-0.25, -0.2) is 0 Å². The van der Waals surface area contributed by atoms with Crippen molar-refractivity contribution in [2.24, 2.45) is 11.3 Å². The Morgan fingerprint density at radius 2 is 2.08 bits per heavy atom. The second-order valence-corrected chi connectivity index (χ2v) is 5.09. The molecule has 3 rings (SSSR count). The number of ketones is 1. The number of Topliss-reactive ketones (excluding diaryl/α,β-unsaturated/α-hetero) is 1. The molecule has 0 N–H and O–H groups in total. The molecule has 0 radical (unpaired) electrons. The summed E-state index contributed by atoms with van der Waals surface area (Å²) < 4.78 is 5.74. The van der Waals surface area contributed by atoms with Gasteiger partial charge < -0.3 is 4.74 Å². The quantitative estimate of drug-likeness (QED) is 0.452. The van der Waals surface area contributed by atoms with E-state index in [1.165, 1.54) is 0 Å². The molecule has 1 saturated heterocycles. The van der Waals surface area contributed by atoms with Crippen LogP contribution in [-0.4, -0.2) is 17.0 Å². The van der Waals surface area contributed by atoms with E-state index in [9.17, 15) is 4.79 Å². The van der Waals surface area contributed by atoms with Gasteiger partial charge in [0.05, 0.1) is 11.0 Å². The number of carbonyl (C=O) groups is 1. The summed E-state index contributed by atoms with van der Waals surface area (Å²) in [5.41, 5.74) is -0.256. The third kappa shape index (κ3) is 0.613. The van der Waals surface area contributed by atoms with Crippen molar-refractivity contribution in [3.05, 3.63) is 12.2 Å². The SMILES string of the molecule is CC(=O)[C@@]12C=C[C@]3(OC3(C)C)[C@@H]1C2. The standard InChI is InChI=1S/C11H14O2/c1-7(12)10-4-5-11(8(10)6-10)9(2,3)13-11/h4-5,8H,6H2,1-3H3/t8-,10+,11+/m1/s1. The summed E-state index contributed by atoms with van der Waals surface area (Å²) in [6.07, 6.45) is 5.19. The number of fused-ring (bicyclic) bond motifs is 2. The second-order valence-electron chi connectivity index (χ2n) is 5.09. The largest absolute Gasteiger partial charge is 0.358 e. The number of ether oxygens (including phenoxy) is 1. The van der Waals surface area contributed by atoms with E-state index in [-0.39, 0.29) is 16.6 Å². The highest BCUT2D eigenvalue weighted by molar-refractivity contribution is 5.90. The second kappa shape index (κ2) is 1.63. The fourth-order valence-electron chi connectivity index (χ4n) is 3.01. The van der Waals surface area contributed by atoms with Crippen LogP contribution in [0.25, 0.3) is 0 Å². The van der Waals surface area contributed by atoms with Crippen molar-refractivity contribution >= 4 is 5.78 Å². The van der Waals surface area contributed by atoms with Crippen LogP contribution in [0, 0.1) is 11.3 Å². The van der Waals surface area contributed by atoms with E-state index in [4.69, 9.17) is 4.74 Å². The molecule has 0 aromatic carbocycles. The minimum Gasteiger partial charge on any atom is -0.358 e. The molecule has 3 atom stereocenters. The first-order valence-corrected chi connectivity index (χ1v) is 4.86. The maximum atomic E-state index is 11.4. The molecular weight excluding hydrogens is 164 g/mol. The van der Waals surface area contributed by atoms with Crippen molar-refractivity contribution in [2.45, 2.75) is 38.4 Å². The number of carbonyl (C=O) groups excluding carboxylic acids is 1. The van der Waals surface area contributed by atoms with Crippen LogP contribution in [0.3, 0.4) is 0 Å². The minimum atomic E-state index is -0.131. The highest BCUT2D eigenvalue weighted by Crippen LogP contribution is 2.74. The van der Waals surface area contributed by atoms with E-state index in [1.807, 2.05) is 0 Å². The van der Waals surface area contributed by atoms with Gasteiger partial charge in [0.25, 0.3) is 0 Å². The van der Waals surface area contributed by atoms with Gasteiger partial charge in [-0.1, -0.05) is 12.2 Å². The van der Waals surface area contributed by atoms with Crippen molar-refractivity contribution < 1.29 is 9.53 Å². The predicted molar refractivity (Wildman–Crippen MR) is 48.3 cm³/mol. The average molecular weight is 178 g/mol. The number of epoxide rings is 1. The van der Waals surface area contributed by atoms with Crippen LogP contribution in [0.2, 0.25) is 0 Å². The number of allylic oxidation sites excluding steroid dienone is 1. The Kier molecular flexibility index (Phi) is 0.972.